The van der Waals surface area contributed by atoms with Crippen LogP contribution in [-0.4, -0.2) is 0 Å². The fourth-order valence-corrected chi connectivity index (χ4v) is 1.66. The fourth-order valence-electron chi connectivity index (χ4n) is 1.66. The van der Waals surface area contributed by atoms with Gasteiger partial charge in [-0.3, -0.25) is 0 Å². The quantitative estimate of drug-likeness (QED) is 0.460. The minimum atomic E-state index is 1.23. The maximum atomic E-state index is 2.27. The van der Waals surface area contributed by atoms with Gasteiger partial charge in [0.05, 0.1) is 0 Å². The van der Waals surface area contributed by atoms with Crippen LogP contribution in [0.4, 0.5) is 0 Å². The van der Waals surface area contributed by atoms with Crippen LogP contribution in [0.1, 0.15) is 25.7 Å². The summed E-state index contributed by atoms with van der Waals surface area (Å²) in [6, 6.07) is 0. The Morgan fingerprint density at radius 2 is 2.22 bits per heavy atom. The third-order valence-electron chi connectivity index (χ3n) is 2.18. The molecule has 2 aliphatic carbocycles. The van der Waals surface area contributed by atoms with Gasteiger partial charge in [0.1, 0.15) is 0 Å². The molecule has 0 fully saturated rings. The molecule has 0 bridgehead atoms. The summed E-state index contributed by atoms with van der Waals surface area (Å²) in [6.07, 6.45) is 12.0. The van der Waals surface area contributed by atoms with Gasteiger partial charge in [-0.15, -0.1) is 0 Å². The summed E-state index contributed by atoms with van der Waals surface area (Å²) < 4.78 is 0. The highest BCUT2D eigenvalue weighted by molar-refractivity contribution is 5.35. The minimum Gasteiger partial charge on any atom is -0.0838 e. The predicted molar refractivity (Wildman–Crippen MR) is 38.9 cm³/mol. The summed E-state index contributed by atoms with van der Waals surface area (Å²) in [5, 5.41) is 0. The van der Waals surface area contributed by atoms with Gasteiger partial charge < -0.3 is 0 Å². The molecular formula is C9H11. The smallest absolute Gasteiger partial charge is 0.00800 e. The van der Waals surface area contributed by atoms with Gasteiger partial charge in [-0.05, 0) is 25.7 Å². The summed E-state index contributed by atoms with van der Waals surface area (Å²) in [6.45, 7) is 0. The Morgan fingerprint density at radius 3 is 3.11 bits per heavy atom. The molecule has 0 heteroatoms. The Balaban J connectivity index is 2.21. The first-order valence-electron chi connectivity index (χ1n) is 3.67. The normalized spacial score (nSPS) is 24.9. The molecule has 0 heterocycles. The van der Waals surface area contributed by atoms with Crippen molar-refractivity contribution in [2.24, 2.45) is 0 Å². The molecule has 0 amide bonds. The molecular weight excluding hydrogens is 108 g/mol. The van der Waals surface area contributed by atoms with Crippen LogP contribution in [0.2, 0.25) is 0 Å². The molecule has 9 heavy (non-hydrogen) atoms. The van der Waals surface area contributed by atoms with Crippen molar-refractivity contribution in [1.82, 2.24) is 0 Å². The summed E-state index contributed by atoms with van der Waals surface area (Å²) in [5.41, 5.74) is 3.31. The van der Waals surface area contributed by atoms with E-state index in [1.54, 1.807) is 11.1 Å². The van der Waals surface area contributed by atoms with E-state index in [0.29, 0.717) is 0 Å². The second-order valence-electron chi connectivity index (χ2n) is 2.78. The average molecular weight is 119 g/mol. The third kappa shape index (κ3) is 0.827. The number of hydrogen-bond donors (Lipinski definition) is 0. The zero-order chi connectivity index (χ0) is 6.10. The number of hydrogen-bond acceptors (Lipinski definition) is 0. The lowest BCUT2D eigenvalue weighted by atomic mass is 10.0. The topological polar surface area (TPSA) is 0 Å². The van der Waals surface area contributed by atoms with Gasteiger partial charge in [0.2, 0.25) is 0 Å². The Morgan fingerprint density at radius 1 is 1.22 bits per heavy atom. The van der Waals surface area contributed by atoms with Crippen molar-refractivity contribution >= 4 is 0 Å². The molecule has 0 atom stereocenters. The zero-order valence-electron chi connectivity index (χ0n) is 5.56. The molecule has 0 N–H and O–H groups in total. The Kier molecular flexibility index (Phi) is 1.18. The molecule has 0 aliphatic heterocycles. The third-order valence-corrected chi connectivity index (χ3v) is 2.18. The first-order chi connectivity index (χ1) is 4.47. The second kappa shape index (κ2) is 2.02. The van der Waals surface area contributed by atoms with Gasteiger partial charge in [0.25, 0.3) is 0 Å². The lowest BCUT2D eigenvalue weighted by Gasteiger charge is -2.06. The van der Waals surface area contributed by atoms with Crippen molar-refractivity contribution in [1.29, 1.82) is 0 Å². The van der Waals surface area contributed by atoms with Crippen LogP contribution < -0.4 is 0 Å². The van der Waals surface area contributed by atoms with Gasteiger partial charge in [0.15, 0.2) is 0 Å². The fraction of sp³-hybridized carbons (Fsp3) is 0.444. The van der Waals surface area contributed by atoms with Crippen molar-refractivity contribution in [3.05, 3.63) is 29.7 Å². The summed E-state index contributed by atoms with van der Waals surface area (Å²) in [4.78, 5) is 0. The van der Waals surface area contributed by atoms with Crippen LogP contribution in [0.15, 0.2) is 23.3 Å². The molecule has 2 rings (SSSR count). The largest absolute Gasteiger partial charge is 0.0838 e. The highest BCUT2D eigenvalue weighted by Gasteiger charge is 2.13. The second-order valence-corrected chi connectivity index (χ2v) is 2.78. The molecule has 1 radical (unpaired) electrons. The lowest BCUT2D eigenvalue weighted by Crippen LogP contribution is -1.87. The van der Waals surface area contributed by atoms with E-state index in [9.17, 15) is 0 Å². The van der Waals surface area contributed by atoms with Crippen LogP contribution in [0.5, 0.6) is 0 Å². The van der Waals surface area contributed by atoms with Crippen molar-refractivity contribution in [2.45, 2.75) is 25.7 Å². The minimum absolute atomic E-state index is 1.23. The van der Waals surface area contributed by atoms with E-state index in [1.807, 2.05) is 0 Å². The molecule has 0 aromatic rings. The highest BCUT2D eigenvalue weighted by atomic mass is 14.2. The summed E-state index contributed by atoms with van der Waals surface area (Å²) >= 11 is 0. The Hall–Kier alpha value is -0.520. The van der Waals surface area contributed by atoms with E-state index in [0.717, 1.165) is 0 Å². The van der Waals surface area contributed by atoms with Gasteiger partial charge >= 0.3 is 0 Å². The van der Waals surface area contributed by atoms with Crippen LogP contribution in [0.3, 0.4) is 0 Å². The van der Waals surface area contributed by atoms with E-state index < -0.39 is 0 Å². The summed E-state index contributed by atoms with van der Waals surface area (Å²) in [7, 11) is 0. The first-order valence-corrected chi connectivity index (χ1v) is 3.67. The first kappa shape index (κ1) is 5.28. The van der Waals surface area contributed by atoms with E-state index in [-0.39, 0.29) is 0 Å². The monoisotopic (exact) mass is 119 g/mol. The molecule has 0 saturated carbocycles. The molecule has 0 saturated heterocycles. The van der Waals surface area contributed by atoms with E-state index in [4.69, 9.17) is 0 Å². The highest BCUT2D eigenvalue weighted by Crippen LogP contribution is 2.32. The lowest BCUT2D eigenvalue weighted by molar-refractivity contribution is 0.889. The molecule has 0 aromatic carbocycles. The zero-order valence-corrected chi connectivity index (χ0v) is 5.56. The molecule has 47 valence electrons. The molecule has 0 spiro atoms. The predicted octanol–water partition coefficient (Wildman–Crippen LogP) is 2.63. The maximum absolute atomic E-state index is 2.27. The molecule has 2 aliphatic rings. The van der Waals surface area contributed by atoms with E-state index in [1.165, 1.54) is 25.7 Å². The van der Waals surface area contributed by atoms with Crippen LogP contribution >= 0.6 is 0 Å². The van der Waals surface area contributed by atoms with E-state index >= 15 is 0 Å². The maximum Gasteiger partial charge on any atom is 0.00800 e. The van der Waals surface area contributed by atoms with Crippen LogP contribution in [0, 0.1) is 6.42 Å². The number of rotatable bonds is 0. The van der Waals surface area contributed by atoms with Crippen molar-refractivity contribution < 1.29 is 0 Å². The van der Waals surface area contributed by atoms with Gasteiger partial charge in [-0.2, -0.15) is 0 Å². The van der Waals surface area contributed by atoms with Crippen molar-refractivity contribution in [3.63, 3.8) is 0 Å². The molecule has 0 aromatic heterocycles. The van der Waals surface area contributed by atoms with Crippen LogP contribution in [0.25, 0.3) is 0 Å². The van der Waals surface area contributed by atoms with Crippen molar-refractivity contribution in [2.75, 3.05) is 0 Å². The SMILES string of the molecule is [CH]1C=CCC2=C1CCC2. The molecule has 0 unspecified atom stereocenters. The van der Waals surface area contributed by atoms with Gasteiger partial charge in [-0.25, -0.2) is 0 Å². The average Bonchev–Trinajstić information content (AvgIpc) is 2.33. The Bertz CT molecular complexity index is 154. The number of allylic oxidation sites excluding steroid dienone is 4. The van der Waals surface area contributed by atoms with Crippen LogP contribution in [-0.2, 0) is 0 Å². The molecule has 0 nitrogen and oxygen atoms in total. The Labute approximate surface area is 56.3 Å². The van der Waals surface area contributed by atoms with Gasteiger partial charge in [0, 0.05) is 6.42 Å². The van der Waals surface area contributed by atoms with E-state index in [2.05, 4.69) is 18.6 Å². The summed E-state index contributed by atoms with van der Waals surface area (Å²) in [5.74, 6) is 0. The van der Waals surface area contributed by atoms with Gasteiger partial charge in [-0.1, -0.05) is 23.3 Å². The standard InChI is InChI=1S/C9H11/c1-2-5-9-7-3-6-8(9)4-1/h1-2,4H,3,5-7H2. The van der Waals surface area contributed by atoms with Crippen molar-refractivity contribution in [3.8, 4) is 0 Å².